The molecule has 0 bridgehead atoms. The molecule has 3 nitrogen and oxygen atoms in total. The Kier molecular flexibility index (Phi) is 2.56. The van der Waals surface area contributed by atoms with E-state index in [1.807, 2.05) is 49.4 Å². The number of allylic oxidation sites excluding steroid dienone is 3. The zero-order valence-corrected chi connectivity index (χ0v) is 10.8. The highest BCUT2D eigenvalue weighted by Gasteiger charge is 2.34. The van der Waals surface area contributed by atoms with Gasteiger partial charge in [0, 0.05) is 11.1 Å². The average molecular weight is 254 g/mol. The summed E-state index contributed by atoms with van der Waals surface area (Å²) in [6.07, 6.45) is 7.39. The Bertz CT molecular complexity index is 637. The minimum absolute atomic E-state index is 0.265. The van der Waals surface area contributed by atoms with E-state index in [0.717, 1.165) is 22.5 Å². The normalized spacial score (nSPS) is 23.5. The van der Waals surface area contributed by atoms with Gasteiger partial charge >= 0.3 is 5.97 Å². The number of hydrogen-bond donors (Lipinski definition) is 0. The zero-order chi connectivity index (χ0) is 13.5. The number of methoxy groups -OCH3 is 1. The van der Waals surface area contributed by atoms with Gasteiger partial charge in [-0.05, 0) is 18.6 Å². The predicted octanol–water partition coefficient (Wildman–Crippen LogP) is 3.10. The Morgan fingerprint density at radius 3 is 2.89 bits per heavy atom. The number of rotatable bonds is 1. The fraction of sp³-hybridized carbons (Fsp3) is 0.188. The van der Waals surface area contributed by atoms with E-state index in [-0.39, 0.29) is 5.97 Å². The third-order valence-electron chi connectivity index (χ3n) is 3.48. The summed E-state index contributed by atoms with van der Waals surface area (Å²) in [7, 11) is 1.41. The molecule has 1 heterocycles. The minimum Gasteiger partial charge on any atom is -0.468 e. The zero-order valence-electron chi connectivity index (χ0n) is 10.8. The molecule has 2 aliphatic rings. The maximum Gasteiger partial charge on any atom is 0.319 e. The summed E-state index contributed by atoms with van der Waals surface area (Å²) in [5, 5.41) is 0. The van der Waals surface area contributed by atoms with E-state index in [2.05, 4.69) is 0 Å². The van der Waals surface area contributed by atoms with Crippen molar-refractivity contribution in [1.29, 1.82) is 0 Å². The SMILES string of the molecule is COC(=O)C1(C)C=CC2=COc3ccccc3C2=C1. The Morgan fingerprint density at radius 1 is 1.32 bits per heavy atom. The molecular weight excluding hydrogens is 240 g/mol. The Balaban J connectivity index is 2.13. The van der Waals surface area contributed by atoms with Crippen LogP contribution >= 0.6 is 0 Å². The maximum atomic E-state index is 11.9. The average Bonchev–Trinajstić information content (AvgIpc) is 2.46. The van der Waals surface area contributed by atoms with Crippen LogP contribution in [0.3, 0.4) is 0 Å². The van der Waals surface area contributed by atoms with Crippen LogP contribution in [0, 0.1) is 5.41 Å². The molecule has 0 radical (unpaired) electrons. The molecule has 0 aromatic heterocycles. The molecule has 1 aromatic rings. The van der Waals surface area contributed by atoms with Gasteiger partial charge in [0.25, 0.3) is 0 Å². The molecule has 0 saturated carbocycles. The number of carbonyl (C=O) groups excluding carboxylic acids is 1. The van der Waals surface area contributed by atoms with Crippen LogP contribution in [0.25, 0.3) is 5.57 Å². The van der Waals surface area contributed by atoms with Gasteiger partial charge in [0.2, 0.25) is 0 Å². The Hall–Kier alpha value is -2.29. The van der Waals surface area contributed by atoms with Crippen molar-refractivity contribution in [1.82, 2.24) is 0 Å². The molecule has 0 N–H and O–H groups in total. The number of benzene rings is 1. The van der Waals surface area contributed by atoms with Gasteiger partial charge in [-0.3, -0.25) is 4.79 Å². The molecular formula is C16H14O3. The molecule has 19 heavy (non-hydrogen) atoms. The standard InChI is InChI=1S/C16H14O3/c1-16(15(17)18-2)8-7-11-10-19-14-6-4-3-5-12(14)13(11)9-16/h3-10H,1-2H3. The Labute approximate surface area is 111 Å². The van der Waals surface area contributed by atoms with Gasteiger partial charge in [-0.1, -0.05) is 36.4 Å². The van der Waals surface area contributed by atoms with Crippen LogP contribution in [-0.4, -0.2) is 13.1 Å². The third kappa shape index (κ3) is 1.78. The number of carbonyl (C=O) groups is 1. The number of para-hydroxylation sites is 1. The van der Waals surface area contributed by atoms with Gasteiger partial charge in [0.05, 0.1) is 13.4 Å². The first-order valence-corrected chi connectivity index (χ1v) is 6.11. The molecule has 1 aliphatic carbocycles. The molecule has 1 aromatic carbocycles. The summed E-state index contributed by atoms with van der Waals surface area (Å²) >= 11 is 0. The van der Waals surface area contributed by atoms with Crippen LogP contribution in [0.4, 0.5) is 0 Å². The van der Waals surface area contributed by atoms with E-state index >= 15 is 0 Å². The fourth-order valence-corrected chi connectivity index (χ4v) is 2.39. The number of fused-ring (bicyclic) bond motifs is 3. The molecule has 1 atom stereocenters. The molecule has 3 rings (SSSR count). The first-order valence-electron chi connectivity index (χ1n) is 6.11. The molecule has 1 aliphatic heterocycles. The van der Waals surface area contributed by atoms with E-state index < -0.39 is 5.41 Å². The molecule has 3 heteroatoms. The van der Waals surface area contributed by atoms with Gasteiger partial charge in [-0.15, -0.1) is 0 Å². The van der Waals surface area contributed by atoms with E-state index in [0.29, 0.717) is 0 Å². The summed E-state index contributed by atoms with van der Waals surface area (Å²) in [6.45, 7) is 1.84. The predicted molar refractivity (Wildman–Crippen MR) is 72.4 cm³/mol. The van der Waals surface area contributed by atoms with Gasteiger partial charge in [-0.2, -0.15) is 0 Å². The van der Waals surface area contributed by atoms with E-state index in [9.17, 15) is 4.79 Å². The van der Waals surface area contributed by atoms with Crippen molar-refractivity contribution in [2.45, 2.75) is 6.92 Å². The smallest absolute Gasteiger partial charge is 0.319 e. The van der Waals surface area contributed by atoms with Crippen molar-refractivity contribution in [2.75, 3.05) is 7.11 Å². The highest BCUT2D eigenvalue weighted by atomic mass is 16.5. The maximum absolute atomic E-state index is 11.9. The van der Waals surface area contributed by atoms with Gasteiger partial charge in [-0.25, -0.2) is 0 Å². The second-order valence-electron chi connectivity index (χ2n) is 4.85. The molecule has 0 amide bonds. The van der Waals surface area contributed by atoms with E-state index in [1.54, 1.807) is 6.26 Å². The van der Waals surface area contributed by atoms with Crippen LogP contribution in [0.15, 0.2) is 54.3 Å². The third-order valence-corrected chi connectivity index (χ3v) is 3.48. The summed E-state index contributed by atoms with van der Waals surface area (Å²) in [5.74, 6) is 0.541. The monoisotopic (exact) mass is 254 g/mol. The van der Waals surface area contributed by atoms with E-state index in [4.69, 9.17) is 9.47 Å². The molecule has 0 saturated heterocycles. The van der Waals surface area contributed by atoms with Gasteiger partial charge in [0.15, 0.2) is 0 Å². The van der Waals surface area contributed by atoms with Crippen molar-refractivity contribution in [3.05, 3.63) is 59.9 Å². The van der Waals surface area contributed by atoms with Crippen molar-refractivity contribution in [3.63, 3.8) is 0 Å². The van der Waals surface area contributed by atoms with E-state index in [1.165, 1.54) is 7.11 Å². The van der Waals surface area contributed by atoms with Crippen molar-refractivity contribution < 1.29 is 14.3 Å². The first-order chi connectivity index (χ1) is 9.14. The summed E-state index contributed by atoms with van der Waals surface area (Å²) in [4.78, 5) is 11.9. The highest BCUT2D eigenvalue weighted by Crippen LogP contribution is 2.42. The fourth-order valence-electron chi connectivity index (χ4n) is 2.39. The second kappa shape index (κ2) is 4.12. The molecule has 0 spiro atoms. The van der Waals surface area contributed by atoms with Gasteiger partial charge < -0.3 is 9.47 Å². The largest absolute Gasteiger partial charge is 0.468 e. The van der Waals surface area contributed by atoms with Crippen LogP contribution in [0.5, 0.6) is 5.75 Å². The second-order valence-corrected chi connectivity index (χ2v) is 4.85. The summed E-state index contributed by atoms with van der Waals surface area (Å²) < 4.78 is 10.5. The van der Waals surface area contributed by atoms with Crippen molar-refractivity contribution in [2.24, 2.45) is 5.41 Å². The first kappa shape index (κ1) is 11.8. The number of esters is 1. The molecule has 96 valence electrons. The number of ether oxygens (including phenoxy) is 2. The lowest BCUT2D eigenvalue weighted by molar-refractivity contribution is -0.146. The van der Waals surface area contributed by atoms with Crippen LogP contribution < -0.4 is 4.74 Å². The van der Waals surface area contributed by atoms with Gasteiger partial charge in [0.1, 0.15) is 11.2 Å². The topological polar surface area (TPSA) is 35.5 Å². The van der Waals surface area contributed by atoms with Crippen molar-refractivity contribution >= 4 is 11.5 Å². The van der Waals surface area contributed by atoms with Crippen LogP contribution in [-0.2, 0) is 9.53 Å². The Morgan fingerprint density at radius 2 is 2.11 bits per heavy atom. The quantitative estimate of drug-likeness (QED) is 0.722. The summed E-state index contributed by atoms with van der Waals surface area (Å²) in [5.41, 5.74) is 2.25. The number of hydrogen-bond acceptors (Lipinski definition) is 3. The van der Waals surface area contributed by atoms with Crippen LogP contribution in [0.2, 0.25) is 0 Å². The lowest BCUT2D eigenvalue weighted by atomic mass is 9.79. The lowest BCUT2D eigenvalue weighted by Gasteiger charge is -2.28. The van der Waals surface area contributed by atoms with Crippen molar-refractivity contribution in [3.8, 4) is 5.75 Å². The summed E-state index contributed by atoms with van der Waals surface area (Å²) in [6, 6.07) is 7.79. The minimum atomic E-state index is -0.730. The van der Waals surface area contributed by atoms with Crippen LogP contribution in [0.1, 0.15) is 12.5 Å². The highest BCUT2D eigenvalue weighted by molar-refractivity contribution is 5.93. The lowest BCUT2D eigenvalue weighted by Crippen LogP contribution is -2.27. The molecule has 1 unspecified atom stereocenters. The molecule has 0 fully saturated rings.